The molecule has 272 valence electrons. The summed E-state index contributed by atoms with van der Waals surface area (Å²) in [5.74, 6) is 1.44. The Bertz CT molecular complexity index is 3500. The molecule has 1 atom stereocenters. The number of nitrogens with zero attached hydrogens (tertiary/aromatic N) is 3. The lowest BCUT2D eigenvalue weighted by molar-refractivity contribution is 0.670. The second-order valence-corrected chi connectivity index (χ2v) is 15.0. The number of nitrogens with one attached hydrogen (secondary N) is 1. The first kappa shape index (κ1) is 32.5. The number of para-hydroxylation sites is 3. The van der Waals surface area contributed by atoms with Crippen molar-refractivity contribution in [3.8, 4) is 16.8 Å². The van der Waals surface area contributed by atoms with Gasteiger partial charge in [-0.3, -0.25) is 0 Å². The monoisotopic (exact) mass is 742 g/mol. The lowest BCUT2D eigenvalue weighted by Gasteiger charge is -2.24. The van der Waals surface area contributed by atoms with Gasteiger partial charge in [0.15, 0.2) is 5.84 Å². The Morgan fingerprint density at radius 3 is 2.02 bits per heavy atom. The zero-order chi connectivity index (χ0) is 38.2. The molecule has 58 heavy (non-hydrogen) atoms. The molecule has 0 spiro atoms. The average Bonchev–Trinajstić information content (AvgIpc) is 3.83. The van der Waals surface area contributed by atoms with Crippen LogP contribution in [0.3, 0.4) is 0 Å². The van der Waals surface area contributed by atoms with Crippen LogP contribution in [0, 0.1) is 0 Å². The van der Waals surface area contributed by atoms with Crippen LogP contribution in [-0.2, 0) is 0 Å². The van der Waals surface area contributed by atoms with E-state index < -0.39 is 0 Å². The number of hydrogen-bond acceptors (Lipinski definition) is 4. The van der Waals surface area contributed by atoms with Crippen LogP contribution >= 0.6 is 0 Å². The molecule has 1 unspecified atom stereocenters. The Hall–Kier alpha value is -7.76. The molecule has 0 saturated carbocycles. The van der Waals surface area contributed by atoms with Crippen molar-refractivity contribution in [3.63, 3.8) is 0 Å². The van der Waals surface area contributed by atoms with Crippen LogP contribution in [0.25, 0.3) is 82.1 Å². The largest absolute Gasteiger partial charge is 0.455 e. The molecule has 3 heterocycles. The molecule has 1 N–H and O–H groups in total. The number of aromatic nitrogens is 1. The van der Waals surface area contributed by atoms with E-state index >= 15 is 0 Å². The molecule has 0 aliphatic carbocycles. The summed E-state index contributed by atoms with van der Waals surface area (Å²) in [6, 6.07) is 68.7. The van der Waals surface area contributed by atoms with E-state index in [4.69, 9.17) is 14.4 Å². The van der Waals surface area contributed by atoms with Gasteiger partial charge in [0.1, 0.15) is 23.2 Å². The van der Waals surface area contributed by atoms with Gasteiger partial charge in [-0.05, 0) is 75.6 Å². The topological polar surface area (TPSA) is 54.8 Å². The fraction of sp³-hybridized carbons (Fsp3) is 0.0189. The molecule has 5 heteroatoms. The third-order valence-electron chi connectivity index (χ3n) is 11.6. The van der Waals surface area contributed by atoms with Gasteiger partial charge < -0.3 is 14.3 Å². The van der Waals surface area contributed by atoms with Crippen LogP contribution < -0.4 is 5.32 Å². The Morgan fingerprint density at radius 2 is 1.16 bits per heavy atom. The summed E-state index contributed by atoms with van der Waals surface area (Å²) in [5, 5.41) is 13.0. The second-order valence-electron chi connectivity index (χ2n) is 15.0. The molecule has 11 aromatic rings. The van der Waals surface area contributed by atoms with Crippen LogP contribution in [0.4, 0.5) is 0 Å². The van der Waals surface area contributed by atoms with E-state index in [0.717, 1.165) is 77.7 Å². The third-order valence-corrected chi connectivity index (χ3v) is 11.6. The van der Waals surface area contributed by atoms with Crippen molar-refractivity contribution >= 4 is 77.0 Å². The molecule has 0 amide bonds. The van der Waals surface area contributed by atoms with Gasteiger partial charge in [0.05, 0.1) is 16.7 Å². The van der Waals surface area contributed by atoms with Gasteiger partial charge in [-0.15, -0.1) is 0 Å². The lowest BCUT2D eigenvalue weighted by atomic mass is 9.97. The molecule has 2 aromatic heterocycles. The highest BCUT2D eigenvalue weighted by Crippen LogP contribution is 2.42. The van der Waals surface area contributed by atoms with Crippen molar-refractivity contribution in [1.82, 2.24) is 9.88 Å². The van der Waals surface area contributed by atoms with E-state index in [9.17, 15) is 0 Å². The Morgan fingerprint density at radius 1 is 0.466 bits per heavy atom. The van der Waals surface area contributed by atoms with Crippen molar-refractivity contribution in [2.45, 2.75) is 6.17 Å². The van der Waals surface area contributed by atoms with Crippen LogP contribution in [0.5, 0.6) is 0 Å². The van der Waals surface area contributed by atoms with Crippen LogP contribution in [0.15, 0.2) is 209 Å². The molecule has 0 fully saturated rings. The summed E-state index contributed by atoms with van der Waals surface area (Å²) >= 11 is 0. The maximum absolute atomic E-state index is 6.74. The molecule has 9 aromatic carbocycles. The minimum Gasteiger partial charge on any atom is -0.455 e. The molecule has 0 radical (unpaired) electrons. The fourth-order valence-electron chi connectivity index (χ4n) is 8.83. The van der Waals surface area contributed by atoms with E-state index in [0.29, 0.717) is 5.84 Å². The van der Waals surface area contributed by atoms with E-state index in [-0.39, 0.29) is 6.17 Å². The number of furan rings is 1. The summed E-state index contributed by atoms with van der Waals surface area (Å²) in [4.78, 5) is 10.6. The summed E-state index contributed by atoms with van der Waals surface area (Å²) in [6.45, 7) is 0. The highest BCUT2D eigenvalue weighted by Gasteiger charge is 2.24. The van der Waals surface area contributed by atoms with Gasteiger partial charge in [-0.1, -0.05) is 146 Å². The summed E-state index contributed by atoms with van der Waals surface area (Å²) in [6.07, 6.45) is -0.331. The summed E-state index contributed by atoms with van der Waals surface area (Å²) in [7, 11) is 0. The fourth-order valence-corrected chi connectivity index (χ4v) is 8.83. The second kappa shape index (κ2) is 12.9. The Balaban J connectivity index is 1.13. The first-order chi connectivity index (χ1) is 28.7. The van der Waals surface area contributed by atoms with Gasteiger partial charge >= 0.3 is 0 Å². The quantitative estimate of drug-likeness (QED) is 0.191. The van der Waals surface area contributed by atoms with Crippen molar-refractivity contribution in [2.75, 3.05) is 0 Å². The SMILES string of the molecule is c1ccc(C2N=C(c3ccc(-n4c5ccccc5c5cc6ccccc6cc54)c(-c4cccc5c4oc4ccccc45)c3)N=C(c3ccc4ccccc4c3)N2)cc1. The predicted molar refractivity (Wildman–Crippen MR) is 240 cm³/mol. The zero-order valence-corrected chi connectivity index (χ0v) is 31.3. The molecule has 0 saturated heterocycles. The molecule has 12 rings (SSSR count). The standard InChI is InChI=1S/C53H34N4O/c1-2-14-34(15-3-1)51-54-52(38-26-25-33-13-4-5-16-35(33)29-38)56-53(55-51)39-27-28-47(45(31-39)43-22-12-21-42-41-20-9-11-24-49(41)58-50(42)43)57-46-23-10-8-19-40(46)44-30-36-17-6-7-18-37(36)32-48(44)57/h1-32,51H,(H,54,55,56). The summed E-state index contributed by atoms with van der Waals surface area (Å²) < 4.78 is 9.15. The maximum Gasteiger partial charge on any atom is 0.159 e. The summed E-state index contributed by atoms with van der Waals surface area (Å²) in [5.41, 5.74) is 10.1. The number of benzene rings is 9. The third kappa shape index (κ3) is 5.17. The zero-order valence-electron chi connectivity index (χ0n) is 31.3. The normalized spacial score (nSPS) is 14.4. The van der Waals surface area contributed by atoms with Crippen LogP contribution in [0.2, 0.25) is 0 Å². The highest BCUT2D eigenvalue weighted by molar-refractivity contribution is 6.17. The smallest absolute Gasteiger partial charge is 0.159 e. The molecular weight excluding hydrogens is 709 g/mol. The first-order valence-corrected chi connectivity index (χ1v) is 19.7. The van der Waals surface area contributed by atoms with Gasteiger partial charge in [0, 0.05) is 43.8 Å². The molecule has 1 aliphatic heterocycles. The Labute approximate surface area is 333 Å². The van der Waals surface area contributed by atoms with E-state index in [2.05, 4.69) is 186 Å². The van der Waals surface area contributed by atoms with Crippen molar-refractivity contribution < 1.29 is 4.42 Å². The number of hydrogen-bond donors (Lipinski definition) is 1. The number of aliphatic imine (C=N–C) groups is 2. The van der Waals surface area contributed by atoms with Gasteiger partial charge in [-0.25, -0.2) is 9.98 Å². The van der Waals surface area contributed by atoms with Crippen molar-refractivity contribution in [1.29, 1.82) is 0 Å². The number of fused-ring (bicyclic) bond motifs is 8. The predicted octanol–water partition coefficient (Wildman–Crippen LogP) is 13.2. The highest BCUT2D eigenvalue weighted by atomic mass is 16.3. The van der Waals surface area contributed by atoms with Gasteiger partial charge in [-0.2, -0.15) is 0 Å². The molecule has 5 nitrogen and oxygen atoms in total. The number of rotatable bonds is 5. The maximum atomic E-state index is 6.74. The molecular formula is C53H34N4O. The Kier molecular flexibility index (Phi) is 7.23. The minimum absolute atomic E-state index is 0.331. The minimum atomic E-state index is -0.331. The van der Waals surface area contributed by atoms with Crippen molar-refractivity contribution in [3.05, 3.63) is 211 Å². The van der Waals surface area contributed by atoms with E-state index in [1.165, 1.54) is 26.9 Å². The van der Waals surface area contributed by atoms with Crippen molar-refractivity contribution in [2.24, 2.45) is 9.98 Å². The van der Waals surface area contributed by atoms with E-state index in [1.54, 1.807) is 0 Å². The van der Waals surface area contributed by atoms with Crippen LogP contribution in [0.1, 0.15) is 22.9 Å². The lowest BCUT2D eigenvalue weighted by Crippen LogP contribution is -2.33. The molecule has 1 aliphatic rings. The molecule has 0 bridgehead atoms. The van der Waals surface area contributed by atoms with Gasteiger partial charge in [0.25, 0.3) is 0 Å². The first-order valence-electron chi connectivity index (χ1n) is 19.7. The number of amidine groups is 2. The van der Waals surface area contributed by atoms with Gasteiger partial charge in [0.2, 0.25) is 0 Å². The van der Waals surface area contributed by atoms with E-state index in [1.807, 2.05) is 18.2 Å². The van der Waals surface area contributed by atoms with Crippen LogP contribution in [-0.4, -0.2) is 16.2 Å². The average molecular weight is 743 g/mol.